The molecule has 5 nitrogen and oxygen atoms in total. The van der Waals surface area contributed by atoms with Crippen molar-refractivity contribution in [2.45, 2.75) is 25.8 Å². The molecule has 17 heavy (non-hydrogen) atoms. The Morgan fingerprint density at radius 1 is 1.53 bits per heavy atom. The van der Waals surface area contributed by atoms with E-state index in [1.807, 2.05) is 25.1 Å². The van der Waals surface area contributed by atoms with Crippen molar-refractivity contribution >= 4 is 37.5 Å². The van der Waals surface area contributed by atoms with Crippen molar-refractivity contribution in [3.05, 3.63) is 18.2 Å². The summed E-state index contributed by atoms with van der Waals surface area (Å²) in [6, 6.07) is 5.13. The maximum absolute atomic E-state index is 11.8. The Labute approximate surface area is 106 Å². The van der Waals surface area contributed by atoms with Crippen LogP contribution >= 0.6 is 0 Å². The molecule has 6 heteroatoms. The fourth-order valence-electron chi connectivity index (χ4n) is 1.57. The molecule has 0 bridgehead atoms. The fraction of sp³-hybridized carbons (Fsp3) is 0.364. The van der Waals surface area contributed by atoms with E-state index in [9.17, 15) is 4.79 Å². The topological polar surface area (TPSA) is 79.8 Å². The average Bonchev–Trinajstić information content (AvgIpc) is 2.78. The van der Waals surface area contributed by atoms with Gasteiger partial charge in [-0.05, 0) is 0 Å². The quantitative estimate of drug-likeness (QED) is 0.847. The first-order valence-corrected chi connectivity index (χ1v) is 7.03. The number of anilines is 1. The molecule has 3 N–H and O–H groups in total. The van der Waals surface area contributed by atoms with Crippen molar-refractivity contribution in [2.75, 3.05) is 5.32 Å². The van der Waals surface area contributed by atoms with E-state index in [0.717, 1.165) is 17.8 Å². The fourth-order valence-corrected chi connectivity index (χ4v) is 2.73. The van der Waals surface area contributed by atoms with Gasteiger partial charge in [0, 0.05) is 0 Å². The predicted octanol–water partition coefficient (Wildman–Crippen LogP) is 2.10. The third-order valence-corrected chi connectivity index (χ3v) is 3.62. The Kier molecular flexibility index (Phi) is 3.89. The van der Waals surface area contributed by atoms with Gasteiger partial charge in [0.2, 0.25) is 0 Å². The molecular formula is C11H14N4OSe. The summed E-state index contributed by atoms with van der Waals surface area (Å²) in [7, 11) is 0. The van der Waals surface area contributed by atoms with Gasteiger partial charge in [0.1, 0.15) is 0 Å². The van der Waals surface area contributed by atoms with Crippen LogP contribution in [0.4, 0.5) is 17.1 Å². The molecule has 0 saturated heterocycles. The van der Waals surface area contributed by atoms with Crippen LogP contribution < -0.4 is 11.1 Å². The maximum atomic E-state index is 11.8. The van der Waals surface area contributed by atoms with Crippen LogP contribution in [0.3, 0.4) is 0 Å². The predicted molar refractivity (Wildman–Crippen MR) is 67.9 cm³/mol. The number of amides is 1. The van der Waals surface area contributed by atoms with Gasteiger partial charge in [-0.2, -0.15) is 0 Å². The summed E-state index contributed by atoms with van der Waals surface area (Å²) < 4.78 is 8.56. The number of nitrogens with two attached hydrogens (primary N) is 1. The zero-order chi connectivity index (χ0) is 12.3. The number of rotatable bonds is 4. The van der Waals surface area contributed by atoms with Crippen molar-refractivity contribution in [3.63, 3.8) is 0 Å². The molecule has 0 fully saturated rings. The van der Waals surface area contributed by atoms with Crippen molar-refractivity contribution in [3.8, 4) is 0 Å². The van der Waals surface area contributed by atoms with Gasteiger partial charge < -0.3 is 0 Å². The third kappa shape index (κ3) is 2.72. The van der Waals surface area contributed by atoms with E-state index < -0.39 is 6.04 Å². The molecular weight excluding hydrogens is 283 g/mol. The Morgan fingerprint density at radius 2 is 2.35 bits per heavy atom. The molecule has 0 aromatic heterocycles. The number of benzene rings is 1. The molecule has 1 aromatic rings. The molecule has 0 unspecified atom stereocenters. The van der Waals surface area contributed by atoms with Gasteiger partial charge >= 0.3 is 105 Å². The van der Waals surface area contributed by atoms with E-state index in [4.69, 9.17) is 5.73 Å². The van der Waals surface area contributed by atoms with E-state index in [2.05, 4.69) is 13.2 Å². The van der Waals surface area contributed by atoms with Crippen LogP contribution in [-0.2, 0) is 4.79 Å². The molecule has 1 atom stereocenters. The van der Waals surface area contributed by atoms with Crippen molar-refractivity contribution in [1.82, 2.24) is 0 Å². The van der Waals surface area contributed by atoms with Gasteiger partial charge in [0.25, 0.3) is 0 Å². The zero-order valence-electron chi connectivity index (χ0n) is 9.51. The zero-order valence-corrected chi connectivity index (χ0v) is 11.2. The summed E-state index contributed by atoms with van der Waals surface area (Å²) >= 11 is -0.0886. The Bertz CT molecular complexity index is 508. The van der Waals surface area contributed by atoms with Gasteiger partial charge in [0.15, 0.2) is 0 Å². The number of nitrogens with zero attached hydrogens (tertiary/aromatic N) is 2. The van der Waals surface area contributed by atoms with E-state index in [1.165, 1.54) is 0 Å². The van der Waals surface area contributed by atoms with Gasteiger partial charge in [-0.25, -0.2) is 0 Å². The molecule has 0 spiro atoms. The van der Waals surface area contributed by atoms with Crippen LogP contribution in [0, 0.1) is 0 Å². The van der Waals surface area contributed by atoms with Gasteiger partial charge in [-0.15, -0.1) is 0 Å². The Balaban J connectivity index is 2.13. The summed E-state index contributed by atoms with van der Waals surface area (Å²) in [5.74, 6) is -0.158. The minimum atomic E-state index is -0.459. The molecule has 1 aliphatic heterocycles. The standard InChI is InChI=1S/C11H14N4OSe/c1-2-4-7(12)11(16)13-8-5-3-6-9-10(8)15-17-14-9/h3,5-7H,2,4,12H2,1H3,(H,13,16)/t7-/m0/s1. The van der Waals surface area contributed by atoms with Crippen LogP contribution in [0.2, 0.25) is 0 Å². The first-order chi connectivity index (χ1) is 8.22. The van der Waals surface area contributed by atoms with Crippen LogP contribution in [0.15, 0.2) is 26.1 Å². The number of carbonyl (C=O) groups is 1. The molecule has 2 rings (SSSR count). The first kappa shape index (κ1) is 12.2. The van der Waals surface area contributed by atoms with Gasteiger partial charge in [-0.3, -0.25) is 0 Å². The molecule has 0 radical (unpaired) electrons. The van der Waals surface area contributed by atoms with Crippen LogP contribution in [0.5, 0.6) is 0 Å². The summed E-state index contributed by atoms with van der Waals surface area (Å²) in [5.41, 5.74) is 8.10. The van der Waals surface area contributed by atoms with E-state index in [-0.39, 0.29) is 20.5 Å². The second kappa shape index (κ2) is 5.40. The summed E-state index contributed by atoms with van der Waals surface area (Å²) in [4.78, 5) is 11.8. The van der Waals surface area contributed by atoms with Crippen molar-refractivity contribution in [2.24, 2.45) is 13.7 Å². The molecule has 1 amide bonds. The van der Waals surface area contributed by atoms with E-state index in [1.54, 1.807) is 0 Å². The monoisotopic (exact) mass is 298 g/mol. The second-order valence-electron chi connectivity index (χ2n) is 3.82. The van der Waals surface area contributed by atoms with Gasteiger partial charge in [-0.1, -0.05) is 0 Å². The minimum absolute atomic E-state index is 0.0886. The number of hydrogen-bond donors (Lipinski definition) is 2. The van der Waals surface area contributed by atoms with Crippen molar-refractivity contribution < 1.29 is 4.79 Å². The van der Waals surface area contributed by atoms with Crippen LogP contribution in [0.1, 0.15) is 19.8 Å². The molecule has 0 saturated carbocycles. The molecule has 1 aliphatic rings. The number of nitrogens with one attached hydrogen (secondary N) is 1. The summed E-state index contributed by atoms with van der Waals surface area (Å²) in [6.07, 6.45) is 1.58. The SMILES string of the molecule is CCC[C@H](N)C(=O)Nc1cccc2c1N=[Se]=N2. The molecule has 1 aromatic carbocycles. The average molecular weight is 297 g/mol. The second-order valence-corrected chi connectivity index (χ2v) is 4.93. The van der Waals surface area contributed by atoms with E-state index >= 15 is 0 Å². The van der Waals surface area contributed by atoms with Crippen LogP contribution in [0.25, 0.3) is 0 Å². The summed E-state index contributed by atoms with van der Waals surface area (Å²) in [5, 5.41) is 2.82. The molecule has 90 valence electrons. The summed E-state index contributed by atoms with van der Waals surface area (Å²) in [6.45, 7) is 2.00. The number of carbonyl (C=O) groups excluding carboxylic acids is 1. The Morgan fingerprint density at radius 3 is 3.12 bits per heavy atom. The van der Waals surface area contributed by atoms with E-state index in [0.29, 0.717) is 12.1 Å². The normalized spacial score (nSPS) is 14.0. The number of hydrogen-bond acceptors (Lipinski definition) is 4. The number of fused-ring (bicyclic) bond motifs is 1. The molecule has 1 heterocycles. The first-order valence-electron chi connectivity index (χ1n) is 5.50. The molecule has 0 aliphatic carbocycles. The van der Waals surface area contributed by atoms with Crippen molar-refractivity contribution in [1.29, 1.82) is 0 Å². The van der Waals surface area contributed by atoms with Gasteiger partial charge in [0.05, 0.1) is 0 Å². The van der Waals surface area contributed by atoms with Crippen LogP contribution in [-0.4, -0.2) is 26.5 Å². The Hall–Kier alpha value is -1.23. The third-order valence-electron chi connectivity index (χ3n) is 2.48.